The molecule has 0 saturated carbocycles. The van der Waals surface area contributed by atoms with Crippen molar-refractivity contribution < 1.29 is 22.7 Å². The van der Waals surface area contributed by atoms with E-state index in [1.165, 1.54) is 43.5 Å². The van der Waals surface area contributed by atoms with E-state index in [0.717, 1.165) is 0 Å². The Balaban J connectivity index is 2.19. The Morgan fingerprint density at radius 2 is 1.54 bits per heavy atom. The van der Waals surface area contributed by atoms with Crippen LogP contribution in [0, 0.1) is 0 Å². The van der Waals surface area contributed by atoms with Gasteiger partial charge in [-0.3, -0.25) is 0 Å². The van der Waals surface area contributed by atoms with Crippen molar-refractivity contribution in [3.63, 3.8) is 0 Å². The van der Waals surface area contributed by atoms with Gasteiger partial charge in [-0.2, -0.15) is 0 Å². The van der Waals surface area contributed by atoms with E-state index in [0.29, 0.717) is 17.5 Å². The molecule has 0 fully saturated rings. The number of rotatable bonds is 7. The van der Waals surface area contributed by atoms with Crippen LogP contribution < -0.4 is 4.74 Å². The van der Waals surface area contributed by atoms with Crippen LogP contribution in [0.15, 0.2) is 70.6 Å². The molecule has 0 saturated heterocycles. The fourth-order valence-electron chi connectivity index (χ4n) is 2.07. The number of sulfone groups is 1. The van der Waals surface area contributed by atoms with E-state index in [2.05, 4.69) is 24.4 Å². The van der Waals surface area contributed by atoms with Crippen LogP contribution in [0.25, 0.3) is 0 Å². The molecule has 0 aliphatic carbocycles. The van der Waals surface area contributed by atoms with Gasteiger partial charge in [0, 0.05) is 0 Å². The molecular weight excluding hydrogens is 368 g/mol. The number of methoxy groups -OCH3 is 1. The van der Waals surface area contributed by atoms with Crippen LogP contribution >= 0.6 is 0 Å². The Hall–Kier alpha value is -2.38. The monoisotopic (exact) mass is 390 g/mol. The normalized spacial score (nSPS) is 11.7. The quantitative estimate of drug-likeness (QED) is 0.533. The van der Waals surface area contributed by atoms with Gasteiger partial charge in [0.15, 0.2) is 0 Å². The maximum absolute atomic E-state index is 12.7. The number of ether oxygens (including phenoxy) is 2. The topological polar surface area (TPSA) is 69.7 Å². The van der Waals surface area contributed by atoms with Gasteiger partial charge < -0.3 is 9.47 Å². The Kier molecular flexibility index (Phi) is 6.04. The van der Waals surface area contributed by atoms with Crippen LogP contribution in [0.1, 0.15) is 10.4 Å². The van der Waals surface area contributed by atoms with Crippen molar-refractivity contribution >= 4 is 23.9 Å². The first-order valence-corrected chi connectivity index (χ1v) is 12.8. The van der Waals surface area contributed by atoms with E-state index in [-0.39, 0.29) is 9.79 Å². The molecule has 0 radical (unpaired) electrons. The molecule has 7 heteroatoms. The largest absolute Gasteiger partial charge is 0.497 e. The summed E-state index contributed by atoms with van der Waals surface area (Å²) in [6.07, 6.45) is 0.581. The molecule has 0 amide bonds. The lowest BCUT2D eigenvalue weighted by molar-refractivity contribution is 0.0600. The number of hydrogen-bond acceptors (Lipinski definition) is 5. The first-order chi connectivity index (χ1) is 12.2. The van der Waals surface area contributed by atoms with E-state index in [4.69, 9.17) is 4.74 Å². The van der Waals surface area contributed by atoms with Gasteiger partial charge in [-0.25, -0.2) is 13.2 Å². The minimum Gasteiger partial charge on any atom is -0.497 e. The lowest BCUT2D eigenvalue weighted by atomic mass is 10.2. The molecule has 0 atom stereocenters. The molecule has 0 aliphatic heterocycles. The molecule has 26 heavy (non-hydrogen) atoms. The Bertz CT molecular complexity index is 885. The summed E-state index contributed by atoms with van der Waals surface area (Å²) >= 11 is 0. The van der Waals surface area contributed by atoms with E-state index in [9.17, 15) is 13.2 Å². The van der Waals surface area contributed by atoms with Crippen LogP contribution in [-0.2, 0) is 14.6 Å². The zero-order chi connectivity index (χ0) is 19.4. The molecule has 0 bridgehead atoms. The second kappa shape index (κ2) is 7.88. The lowest BCUT2D eigenvalue weighted by Crippen LogP contribution is -2.31. The van der Waals surface area contributed by atoms with Crippen molar-refractivity contribution in [2.45, 2.75) is 22.9 Å². The molecule has 5 nitrogen and oxygen atoms in total. The minimum absolute atomic E-state index is 0.110. The summed E-state index contributed by atoms with van der Waals surface area (Å²) in [5.41, 5.74) is 2.24. The molecule has 2 aromatic carbocycles. The lowest BCUT2D eigenvalue weighted by Gasteiger charge is -2.17. The Morgan fingerprint density at radius 3 is 2.00 bits per heavy atom. The van der Waals surface area contributed by atoms with E-state index in [1.807, 2.05) is 5.70 Å². The first kappa shape index (κ1) is 19.9. The first-order valence-electron chi connectivity index (χ1n) is 7.99. The smallest absolute Gasteiger partial charge is 0.337 e. The average molecular weight is 391 g/mol. The number of carbonyl (C=O) groups excluding carboxylic acids is 1. The molecular formula is C19H22O5SSi. The average Bonchev–Trinajstić information content (AvgIpc) is 2.66. The van der Waals surface area contributed by atoms with Gasteiger partial charge in [-0.1, -0.05) is 18.8 Å². The van der Waals surface area contributed by atoms with Crippen LogP contribution in [0.2, 0.25) is 13.1 Å². The maximum atomic E-state index is 12.7. The third-order valence-corrected chi connectivity index (χ3v) is 7.66. The zero-order valence-corrected chi connectivity index (χ0v) is 16.9. The van der Waals surface area contributed by atoms with Gasteiger partial charge in [-0.05, 0) is 48.5 Å². The molecule has 2 rings (SSSR count). The third-order valence-electron chi connectivity index (χ3n) is 3.88. The summed E-state index contributed by atoms with van der Waals surface area (Å²) in [5, 5.41) is 0. The summed E-state index contributed by atoms with van der Waals surface area (Å²) < 4.78 is 35.7. The fourth-order valence-corrected chi connectivity index (χ4v) is 3.98. The maximum Gasteiger partial charge on any atom is 0.337 e. The molecule has 2 aromatic rings. The summed E-state index contributed by atoms with van der Waals surface area (Å²) in [6, 6.07) is 12.0. The van der Waals surface area contributed by atoms with Crippen molar-refractivity contribution in [3.05, 3.63) is 66.4 Å². The van der Waals surface area contributed by atoms with E-state index < -0.39 is 23.9 Å². The van der Waals surface area contributed by atoms with Gasteiger partial charge in [0.25, 0.3) is 0 Å². The highest BCUT2D eigenvalue weighted by Gasteiger charge is 2.20. The summed E-state index contributed by atoms with van der Waals surface area (Å²) in [7, 11) is -3.99. The van der Waals surface area contributed by atoms with Crippen molar-refractivity contribution in [2.24, 2.45) is 0 Å². The summed E-state index contributed by atoms with van der Waals surface area (Å²) in [5.74, 6) is 0.105. The molecule has 0 aromatic heterocycles. The Labute approximate surface area is 155 Å². The molecule has 0 aliphatic rings. The number of hydrogen-bond donors (Lipinski definition) is 0. The Morgan fingerprint density at radius 1 is 1.04 bits per heavy atom. The second-order valence-corrected chi connectivity index (χ2v) is 13.1. The van der Waals surface area contributed by atoms with Crippen LogP contribution in [0.5, 0.6) is 5.75 Å². The molecule has 0 heterocycles. The molecule has 0 N–H and O–H groups in total. The van der Waals surface area contributed by atoms with Gasteiger partial charge >= 0.3 is 5.97 Å². The second-order valence-electron chi connectivity index (χ2n) is 6.47. The zero-order valence-electron chi connectivity index (χ0n) is 15.1. The van der Waals surface area contributed by atoms with Gasteiger partial charge in [0.05, 0.1) is 28.7 Å². The number of benzene rings is 2. The SMILES string of the molecule is C=C[Si](C)(C)COc1ccc(S(=O)(=O)c2ccc(C(=O)OC)cc2)cc1. The van der Waals surface area contributed by atoms with Gasteiger partial charge in [0.2, 0.25) is 9.84 Å². The van der Waals surface area contributed by atoms with Gasteiger partial charge in [-0.15, -0.1) is 6.58 Å². The fraction of sp³-hybridized carbons (Fsp3) is 0.211. The third kappa shape index (κ3) is 4.62. The van der Waals surface area contributed by atoms with Crippen molar-refractivity contribution in [1.29, 1.82) is 0 Å². The molecule has 0 unspecified atom stereocenters. The van der Waals surface area contributed by atoms with Gasteiger partial charge in [0.1, 0.15) is 13.8 Å². The van der Waals surface area contributed by atoms with E-state index in [1.54, 1.807) is 12.1 Å². The molecule has 0 spiro atoms. The summed E-state index contributed by atoms with van der Waals surface area (Å²) in [6.45, 7) is 8.09. The van der Waals surface area contributed by atoms with Crippen molar-refractivity contribution in [1.82, 2.24) is 0 Å². The standard InChI is InChI=1S/C19H22O5SSi/c1-5-26(3,4)14-24-16-8-12-18(13-9-16)25(21,22)17-10-6-15(7-11-17)19(20)23-2/h5-13H,1,14H2,2-4H3. The van der Waals surface area contributed by atoms with Crippen molar-refractivity contribution in [3.8, 4) is 5.75 Å². The highest BCUT2D eigenvalue weighted by atomic mass is 32.2. The number of esters is 1. The van der Waals surface area contributed by atoms with E-state index >= 15 is 0 Å². The van der Waals surface area contributed by atoms with Crippen LogP contribution in [0.3, 0.4) is 0 Å². The molecule has 138 valence electrons. The predicted molar refractivity (Wildman–Crippen MR) is 103 cm³/mol. The van der Waals surface area contributed by atoms with Crippen molar-refractivity contribution in [2.75, 3.05) is 13.3 Å². The van der Waals surface area contributed by atoms with Crippen LogP contribution in [-0.4, -0.2) is 35.8 Å². The number of carbonyl (C=O) groups is 1. The summed E-state index contributed by atoms with van der Waals surface area (Å²) in [4.78, 5) is 11.7. The predicted octanol–water partition coefficient (Wildman–Crippen LogP) is 3.66. The van der Waals surface area contributed by atoms with Crippen LogP contribution in [0.4, 0.5) is 0 Å². The highest BCUT2D eigenvalue weighted by molar-refractivity contribution is 7.91. The minimum atomic E-state index is -3.67. The highest BCUT2D eigenvalue weighted by Crippen LogP contribution is 2.24.